The first kappa shape index (κ1) is 25.8. The lowest BCUT2D eigenvalue weighted by Crippen LogP contribution is -2.31. The van der Waals surface area contributed by atoms with Crippen LogP contribution in [0.3, 0.4) is 0 Å². The molecule has 204 valence electrons. The predicted octanol–water partition coefficient (Wildman–Crippen LogP) is 6.82. The summed E-state index contributed by atoms with van der Waals surface area (Å²) in [4.78, 5) is 18.0. The Bertz CT molecular complexity index is 1540. The van der Waals surface area contributed by atoms with Crippen molar-refractivity contribution in [2.75, 3.05) is 0 Å². The van der Waals surface area contributed by atoms with Crippen LogP contribution in [0.1, 0.15) is 81.2 Å². The zero-order valence-electron chi connectivity index (χ0n) is 22.0. The van der Waals surface area contributed by atoms with Crippen molar-refractivity contribution in [2.24, 2.45) is 0 Å². The number of ether oxygens (including phenoxy) is 1. The van der Waals surface area contributed by atoms with E-state index in [1.807, 2.05) is 18.2 Å². The third-order valence-electron chi connectivity index (χ3n) is 7.24. The lowest BCUT2D eigenvalue weighted by Gasteiger charge is -2.27. The molecule has 1 saturated carbocycles. The molecule has 0 unspecified atom stereocenters. The van der Waals surface area contributed by atoms with E-state index in [9.17, 15) is 9.18 Å². The van der Waals surface area contributed by atoms with E-state index in [2.05, 4.69) is 19.9 Å². The molecule has 0 amide bonds. The quantitative estimate of drug-likeness (QED) is 0.255. The van der Waals surface area contributed by atoms with Gasteiger partial charge in [0, 0.05) is 28.3 Å². The van der Waals surface area contributed by atoms with Gasteiger partial charge in [0.1, 0.15) is 17.2 Å². The first-order chi connectivity index (χ1) is 18.6. The average molecular weight is 554 g/mol. The van der Waals surface area contributed by atoms with Crippen LogP contribution in [0.2, 0.25) is 5.02 Å². The highest BCUT2D eigenvalue weighted by Crippen LogP contribution is 2.43. The summed E-state index contributed by atoms with van der Waals surface area (Å²) in [5, 5.41) is 16.4. The van der Waals surface area contributed by atoms with Gasteiger partial charge in [-0.05, 0) is 82.3 Å². The van der Waals surface area contributed by atoms with Gasteiger partial charge in [0.15, 0.2) is 11.4 Å². The Morgan fingerprint density at radius 1 is 1.05 bits per heavy atom. The molecule has 2 aromatic heterocycles. The van der Waals surface area contributed by atoms with Gasteiger partial charge in [0.05, 0.1) is 24.5 Å². The van der Waals surface area contributed by atoms with E-state index in [-0.39, 0.29) is 24.2 Å². The number of benzene rings is 2. The SMILES string of the molecule is CC(C)(C)OC(=O)ON1Cc2cc(Cl)ccc2-n2c(nnc2[C@H]2CC[C@H](c3noc4cc(F)ccc43)CC2)C1. The zero-order chi connectivity index (χ0) is 27.3. The Morgan fingerprint density at radius 2 is 1.82 bits per heavy atom. The number of rotatable bonds is 3. The van der Waals surface area contributed by atoms with Crippen LogP contribution in [0.5, 0.6) is 0 Å². The maximum absolute atomic E-state index is 13.6. The Hall–Kier alpha value is -3.50. The summed E-state index contributed by atoms with van der Waals surface area (Å²) in [5.41, 5.74) is 2.49. The number of hydroxylamine groups is 2. The number of carbonyl (C=O) groups is 1. The molecule has 0 spiro atoms. The molecule has 2 aliphatic rings. The number of hydrogen-bond donors (Lipinski definition) is 0. The molecule has 6 rings (SSSR count). The van der Waals surface area contributed by atoms with Gasteiger partial charge >= 0.3 is 6.16 Å². The summed E-state index contributed by atoms with van der Waals surface area (Å²) < 4.78 is 26.4. The molecule has 4 aromatic rings. The summed E-state index contributed by atoms with van der Waals surface area (Å²) in [7, 11) is 0. The van der Waals surface area contributed by atoms with E-state index in [1.165, 1.54) is 17.2 Å². The van der Waals surface area contributed by atoms with E-state index in [0.29, 0.717) is 23.0 Å². The highest BCUT2D eigenvalue weighted by molar-refractivity contribution is 6.30. The standard InChI is InChI=1S/C28H29ClFN5O4/c1-28(2,3)37-27(36)39-34-14-18-12-19(29)8-11-22(18)35-24(15-34)31-32-26(35)17-6-4-16(5-7-17)25-21-10-9-20(30)13-23(21)38-33-25/h8-13,16-17H,4-7,14-15H2,1-3H3/t16-,17-. The third kappa shape index (κ3) is 5.23. The molecule has 1 aliphatic heterocycles. The number of fused-ring (bicyclic) bond motifs is 4. The molecule has 0 bridgehead atoms. The molecular weight excluding hydrogens is 525 g/mol. The number of hydrogen-bond acceptors (Lipinski definition) is 8. The highest BCUT2D eigenvalue weighted by Gasteiger charge is 2.33. The van der Waals surface area contributed by atoms with Crippen LogP contribution < -0.4 is 0 Å². The Balaban J connectivity index is 1.25. The second kappa shape index (κ2) is 9.91. The summed E-state index contributed by atoms with van der Waals surface area (Å²) in [6, 6.07) is 10.2. The molecule has 3 heterocycles. The second-order valence-electron chi connectivity index (χ2n) is 11.2. The molecule has 2 aromatic carbocycles. The fraction of sp³-hybridized carbons (Fsp3) is 0.429. The molecule has 11 heteroatoms. The maximum atomic E-state index is 13.6. The van der Waals surface area contributed by atoms with E-state index in [4.69, 9.17) is 25.7 Å². The molecule has 9 nitrogen and oxygen atoms in total. The lowest BCUT2D eigenvalue weighted by molar-refractivity contribution is -0.155. The summed E-state index contributed by atoms with van der Waals surface area (Å²) >= 11 is 6.35. The monoisotopic (exact) mass is 553 g/mol. The van der Waals surface area contributed by atoms with Crippen molar-refractivity contribution in [3.8, 4) is 5.69 Å². The molecule has 1 fully saturated rings. The van der Waals surface area contributed by atoms with E-state index >= 15 is 0 Å². The van der Waals surface area contributed by atoms with Gasteiger partial charge in [-0.3, -0.25) is 4.57 Å². The fourth-order valence-electron chi connectivity index (χ4n) is 5.55. The maximum Gasteiger partial charge on any atom is 0.528 e. The smallest absolute Gasteiger partial charge is 0.427 e. The topological polar surface area (TPSA) is 95.5 Å². The van der Waals surface area contributed by atoms with Gasteiger partial charge in [-0.15, -0.1) is 15.3 Å². The minimum absolute atomic E-state index is 0.181. The van der Waals surface area contributed by atoms with Crippen molar-refractivity contribution in [2.45, 2.75) is 77.0 Å². The lowest BCUT2D eigenvalue weighted by atomic mass is 9.79. The van der Waals surface area contributed by atoms with Gasteiger partial charge in [-0.1, -0.05) is 16.8 Å². The first-order valence-electron chi connectivity index (χ1n) is 13.1. The van der Waals surface area contributed by atoms with Crippen molar-refractivity contribution in [3.63, 3.8) is 0 Å². The van der Waals surface area contributed by atoms with Gasteiger partial charge in [-0.25, -0.2) is 9.18 Å². The molecule has 1 aliphatic carbocycles. The summed E-state index contributed by atoms with van der Waals surface area (Å²) in [6.45, 7) is 5.93. The molecule has 0 saturated heterocycles. The number of carbonyl (C=O) groups excluding carboxylic acids is 1. The summed E-state index contributed by atoms with van der Waals surface area (Å²) in [6.07, 6.45) is 2.79. The van der Waals surface area contributed by atoms with Gasteiger partial charge < -0.3 is 14.1 Å². The van der Waals surface area contributed by atoms with Gasteiger partial charge in [0.25, 0.3) is 0 Å². The van der Waals surface area contributed by atoms with Crippen LogP contribution in [-0.2, 0) is 22.7 Å². The van der Waals surface area contributed by atoms with Crippen LogP contribution in [0.15, 0.2) is 40.9 Å². The van der Waals surface area contributed by atoms with Gasteiger partial charge in [-0.2, -0.15) is 0 Å². The van der Waals surface area contributed by atoms with E-state index < -0.39 is 11.8 Å². The fourth-order valence-corrected chi connectivity index (χ4v) is 5.75. The Morgan fingerprint density at radius 3 is 2.59 bits per heavy atom. The van der Waals surface area contributed by atoms with Crippen LogP contribution in [-0.4, -0.2) is 36.7 Å². The van der Waals surface area contributed by atoms with Crippen molar-refractivity contribution in [1.29, 1.82) is 0 Å². The van der Waals surface area contributed by atoms with Gasteiger partial charge in [0.2, 0.25) is 0 Å². The van der Waals surface area contributed by atoms with E-state index in [1.54, 1.807) is 26.8 Å². The minimum atomic E-state index is -0.777. The van der Waals surface area contributed by atoms with Crippen LogP contribution >= 0.6 is 11.6 Å². The number of halogens is 2. The minimum Gasteiger partial charge on any atom is -0.427 e. The van der Waals surface area contributed by atoms with Crippen molar-refractivity contribution in [3.05, 3.63) is 70.1 Å². The molecule has 39 heavy (non-hydrogen) atoms. The number of nitrogens with zero attached hydrogens (tertiary/aromatic N) is 5. The predicted molar refractivity (Wildman–Crippen MR) is 141 cm³/mol. The van der Waals surface area contributed by atoms with Crippen LogP contribution in [0.4, 0.5) is 9.18 Å². The third-order valence-corrected chi connectivity index (χ3v) is 7.47. The van der Waals surface area contributed by atoms with Crippen molar-refractivity contribution >= 4 is 28.7 Å². The molecular formula is C28H29ClFN5O4. The average Bonchev–Trinajstić information content (AvgIpc) is 3.43. The van der Waals surface area contributed by atoms with Crippen molar-refractivity contribution in [1.82, 2.24) is 25.0 Å². The zero-order valence-corrected chi connectivity index (χ0v) is 22.7. The van der Waals surface area contributed by atoms with Crippen LogP contribution in [0.25, 0.3) is 16.7 Å². The molecule has 0 atom stereocenters. The highest BCUT2D eigenvalue weighted by atomic mass is 35.5. The Labute approximate surface area is 229 Å². The van der Waals surface area contributed by atoms with Crippen LogP contribution in [0, 0.1) is 5.82 Å². The first-order valence-corrected chi connectivity index (χ1v) is 13.5. The second-order valence-corrected chi connectivity index (χ2v) is 11.6. The molecule has 0 N–H and O–H groups in total. The normalized spacial score (nSPS) is 19.8. The van der Waals surface area contributed by atoms with Crippen molar-refractivity contribution < 1.29 is 23.3 Å². The largest absolute Gasteiger partial charge is 0.528 e. The Kier molecular flexibility index (Phi) is 6.55. The van der Waals surface area contributed by atoms with E-state index in [0.717, 1.165) is 53.8 Å². The molecule has 0 radical (unpaired) electrons. The summed E-state index contributed by atoms with van der Waals surface area (Å²) in [5.74, 6) is 1.61. The number of aromatic nitrogens is 4.